The van der Waals surface area contributed by atoms with Gasteiger partial charge in [-0.25, -0.2) is 9.18 Å². The molecule has 1 heterocycles. The zero-order valence-electron chi connectivity index (χ0n) is 13.6. The maximum Gasteiger partial charge on any atom is 0.410 e. The summed E-state index contributed by atoms with van der Waals surface area (Å²) in [6.07, 6.45) is -0.107. The number of hydrogen-bond donors (Lipinski definition) is 1. The number of ether oxygens (including phenoxy) is 1. The van der Waals surface area contributed by atoms with Gasteiger partial charge in [0.25, 0.3) is 0 Å². The highest BCUT2D eigenvalue weighted by molar-refractivity contribution is 5.73. The van der Waals surface area contributed by atoms with Crippen LogP contribution in [0.3, 0.4) is 0 Å². The van der Waals surface area contributed by atoms with Gasteiger partial charge in [-0.2, -0.15) is 0 Å². The predicted octanol–water partition coefficient (Wildman–Crippen LogP) is 3.25. The van der Waals surface area contributed by atoms with Gasteiger partial charge >= 0.3 is 12.1 Å². The molecule has 0 spiro atoms. The van der Waals surface area contributed by atoms with E-state index in [0.717, 1.165) is 0 Å². The molecule has 1 saturated heterocycles. The lowest BCUT2D eigenvalue weighted by Gasteiger charge is -2.37. The Kier molecular flexibility index (Phi) is 4.92. The lowest BCUT2D eigenvalue weighted by molar-refractivity contribution is -0.144. The minimum absolute atomic E-state index is 0.248. The fraction of sp³-hybridized carbons (Fsp3) is 0.529. The van der Waals surface area contributed by atoms with Gasteiger partial charge in [0.05, 0.1) is 5.92 Å². The standard InChI is InChI=1S/C17H22FNO4/c1-17(2,3)23-16(22)19-9-8-13(15(20)21)14(10-19)11-4-6-12(18)7-5-11/h4-7,13-14H,8-10H2,1-3H3,(H,20,21)/t13-,14+/m0/s1. The van der Waals surface area contributed by atoms with Crippen molar-refractivity contribution in [3.05, 3.63) is 35.6 Å². The summed E-state index contributed by atoms with van der Waals surface area (Å²) < 4.78 is 18.5. The molecule has 1 aromatic rings. The summed E-state index contributed by atoms with van der Waals surface area (Å²) in [6, 6.07) is 5.77. The summed E-state index contributed by atoms with van der Waals surface area (Å²) >= 11 is 0. The number of carboxylic acids is 1. The highest BCUT2D eigenvalue weighted by Crippen LogP contribution is 2.33. The number of nitrogens with zero attached hydrogens (tertiary/aromatic N) is 1. The molecule has 1 fully saturated rings. The molecule has 2 atom stereocenters. The number of carbonyl (C=O) groups is 2. The average Bonchev–Trinajstić information content (AvgIpc) is 2.45. The summed E-state index contributed by atoms with van der Waals surface area (Å²) in [5.41, 5.74) is 0.110. The van der Waals surface area contributed by atoms with Gasteiger partial charge in [-0.1, -0.05) is 12.1 Å². The van der Waals surface area contributed by atoms with Crippen LogP contribution in [0.2, 0.25) is 0 Å². The van der Waals surface area contributed by atoms with Crippen LogP contribution in [-0.2, 0) is 9.53 Å². The number of hydrogen-bond acceptors (Lipinski definition) is 3. The van der Waals surface area contributed by atoms with E-state index in [0.29, 0.717) is 18.5 Å². The largest absolute Gasteiger partial charge is 0.481 e. The van der Waals surface area contributed by atoms with Crippen molar-refractivity contribution >= 4 is 12.1 Å². The Morgan fingerprint density at radius 3 is 2.39 bits per heavy atom. The zero-order valence-corrected chi connectivity index (χ0v) is 13.6. The second kappa shape index (κ2) is 6.56. The van der Waals surface area contributed by atoms with Crippen LogP contribution in [0, 0.1) is 11.7 Å². The molecule has 0 bridgehead atoms. The average molecular weight is 323 g/mol. The van der Waals surface area contributed by atoms with E-state index in [1.54, 1.807) is 32.9 Å². The Labute approximate surface area is 135 Å². The third-order valence-electron chi connectivity index (χ3n) is 3.88. The van der Waals surface area contributed by atoms with E-state index in [1.165, 1.54) is 17.0 Å². The molecule has 5 nitrogen and oxygen atoms in total. The first-order chi connectivity index (χ1) is 10.7. The summed E-state index contributed by atoms with van der Waals surface area (Å²) in [5.74, 6) is -2.25. The molecule has 0 radical (unpaired) electrons. The molecule has 0 aliphatic carbocycles. The highest BCUT2D eigenvalue weighted by atomic mass is 19.1. The minimum Gasteiger partial charge on any atom is -0.481 e. The molecule has 0 unspecified atom stereocenters. The van der Waals surface area contributed by atoms with Gasteiger partial charge in [0.1, 0.15) is 11.4 Å². The van der Waals surface area contributed by atoms with Crippen LogP contribution < -0.4 is 0 Å². The number of piperidine rings is 1. The first kappa shape index (κ1) is 17.2. The number of rotatable bonds is 2. The minimum atomic E-state index is -0.900. The van der Waals surface area contributed by atoms with Crippen LogP contribution in [0.1, 0.15) is 38.7 Å². The highest BCUT2D eigenvalue weighted by Gasteiger charge is 2.37. The summed E-state index contributed by atoms with van der Waals surface area (Å²) in [5, 5.41) is 9.43. The molecular formula is C17H22FNO4. The summed E-state index contributed by atoms with van der Waals surface area (Å²) in [6.45, 7) is 5.94. The van der Waals surface area contributed by atoms with Crippen molar-refractivity contribution in [2.24, 2.45) is 5.92 Å². The maximum absolute atomic E-state index is 13.1. The number of carboxylic acid groups (broad SMARTS) is 1. The van der Waals surface area contributed by atoms with Gasteiger partial charge in [-0.05, 0) is 44.9 Å². The molecule has 126 valence electrons. The van der Waals surface area contributed by atoms with Gasteiger partial charge < -0.3 is 14.7 Å². The number of likely N-dealkylation sites (tertiary alicyclic amines) is 1. The SMILES string of the molecule is CC(C)(C)OC(=O)N1CC[C@H](C(=O)O)[C@@H](c2ccc(F)cc2)C1. The molecule has 1 N–H and O–H groups in total. The van der Waals surface area contributed by atoms with E-state index >= 15 is 0 Å². The Morgan fingerprint density at radius 2 is 1.87 bits per heavy atom. The Balaban J connectivity index is 2.19. The van der Waals surface area contributed by atoms with Gasteiger partial charge in [-0.15, -0.1) is 0 Å². The number of benzene rings is 1. The van der Waals surface area contributed by atoms with Crippen molar-refractivity contribution in [2.45, 2.75) is 38.7 Å². The number of amides is 1. The topological polar surface area (TPSA) is 66.8 Å². The van der Waals surface area contributed by atoms with Crippen molar-refractivity contribution in [1.82, 2.24) is 4.90 Å². The summed E-state index contributed by atoms with van der Waals surface area (Å²) in [7, 11) is 0. The van der Waals surface area contributed by atoms with Gasteiger partial charge in [-0.3, -0.25) is 4.79 Å². The van der Waals surface area contributed by atoms with Gasteiger partial charge in [0, 0.05) is 19.0 Å². The van der Waals surface area contributed by atoms with Crippen molar-refractivity contribution in [2.75, 3.05) is 13.1 Å². The number of halogens is 1. The van der Waals surface area contributed by atoms with Crippen LogP contribution in [0.25, 0.3) is 0 Å². The first-order valence-corrected chi connectivity index (χ1v) is 7.63. The molecule has 23 heavy (non-hydrogen) atoms. The number of aliphatic carboxylic acids is 1. The van der Waals surface area contributed by atoms with Gasteiger partial charge in [0.2, 0.25) is 0 Å². The third-order valence-corrected chi connectivity index (χ3v) is 3.88. The molecule has 2 rings (SSSR count). The Morgan fingerprint density at radius 1 is 1.26 bits per heavy atom. The predicted molar refractivity (Wildman–Crippen MR) is 82.7 cm³/mol. The van der Waals surface area contributed by atoms with Crippen LogP contribution in [0.15, 0.2) is 24.3 Å². The summed E-state index contributed by atoms with van der Waals surface area (Å²) in [4.78, 5) is 25.2. The molecule has 6 heteroatoms. The molecule has 1 aromatic carbocycles. The zero-order chi connectivity index (χ0) is 17.2. The second-order valence-electron chi connectivity index (χ2n) is 6.82. The van der Waals surface area contributed by atoms with E-state index in [1.807, 2.05) is 0 Å². The normalized spacial score (nSPS) is 21.8. The fourth-order valence-corrected chi connectivity index (χ4v) is 2.79. The molecule has 1 amide bonds. The van der Waals surface area contributed by atoms with Crippen LogP contribution >= 0.6 is 0 Å². The smallest absolute Gasteiger partial charge is 0.410 e. The van der Waals surface area contributed by atoms with Crippen molar-refractivity contribution in [1.29, 1.82) is 0 Å². The van der Waals surface area contributed by atoms with Crippen LogP contribution in [0.5, 0.6) is 0 Å². The second-order valence-corrected chi connectivity index (χ2v) is 6.82. The van der Waals surface area contributed by atoms with Crippen LogP contribution in [0.4, 0.5) is 9.18 Å². The van der Waals surface area contributed by atoms with Crippen molar-refractivity contribution in [3.8, 4) is 0 Å². The fourth-order valence-electron chi connectivity index (χ4n) is 2.79. The molecular weight excluding hydrogens is 301 g/mol. The Hall–Kier alpha value is -2.11. The monoisotopic (exact) mass is 323 g/mol. The molecule has 0 saturated carbocycles. The molecule has 0 aromatic heterocycles. The van der Waals surface area contributed by atoms with E-state index < -0.39 is 23.6 Å². The lowest BCUT2D eigenvalue weighted by Crippen LogP contribution is -2.46. The van der Waals surface area contributed by atoms with E-state index in [4.69, 9.17) is 4.74 Å². The number of carbonyl (C=O) groups excluding carboxylic acids is 1. The lowest BCUT2D eigenvalue weighted by atomic mass is 9.81. The first-order valence-electron chi connectivity index (χ1n) is 7.63. The van der Waals surface area contributed by atoms with Crippen LogP contribution in [-0.4, -0.2) is 40.8 Å². The van der Waals surface area contributed by atoms with E-state index in [2.05, 4.69) is 0 Å². The van der Waals surface area contributed by atoms with Crippen molar-refractivity contribution in [3.63, 3.8) is 0 Å². The quantitative estimate of drug-likeness (QED) is 0.907. The van der Waals surface area contributed by atoms with E-state index in [-0.39, 0.29) is 18.3 Å². The Bertz CT molecular complexity index is 579. The van der Waals surface area contributed by atoms with E-state index in [9.17, 15) is 19.1 Å². The molecule has 1 aliphatic heterocycles. The third kappa shape index (κ3) is 4.43. The van der Waals surface area contributed by atoms with Gasteiger partial charge in [0.15, 0.2) is 0 Å². The molecule has 1 aliphatic rings. The maximum atomic E-state index is 13.1. The van der Waals surface area contributed by atoms with Crippen molar-refractivity contribution < 1.29 is 23.8 Å².